The van der Waals surface area contributed by atoms with Gasteiger partial charge < -0.3 is 5.73 Å². The maximum atomic E-state index is 13.0. The Morgan fingerprint density at radius 3 is 2.42 bits per heavy atom. The lowest BCUT2D eigenvalue weighted by molar-refractivity contribution is 0.173. The van der Waals surface area contributed by atoms with E-state index in [0.29, 0.717) is 12.0 Å². The van der Waals surface area contributed by atoms with Crippen molar-refractivity contribution < 1.29 is 4.39 Å². The van der Waals surface area contributed by atoms with Crippen molar-refractivity contribution in [3.8, 4) is 0 Å². The van der Waals surface area contributed by atoms with Crippen LogP contribution in [0.3, 0.4) is 0 Å². The van der Waals surface area contributed by atoms with Crippen molar-refractivity contribution in [2.24, 2.45) is 17.6 Å². The van der Waals surface area contributed by atoms with Crippen LogP contribution in [-0.4, -0.2) is 12.2 Å². The second-order valence-corrected chi connectivity index (χ2v) is 4.44. The van der Waals surface area contributed by atoms with E-state index < -0.39 is 6.17 Å². The summed E-state index contributed by atoms with van der Waals surface area (Å²) in [6.07, 6.45) is 5.73. The minimum Gasteiger partial charge on any atom is -0.327 e. The van der Waals surface area contributed by atoms with Crippen molar-refractivity contribution in [3.05, 3.63) is 0 Å². The first-order valence-corrected chi connectivity index (χ1v) is 5.17. The molecule has 0 aliphatic heterocycles. The Labute approximate surface area is 73.5 Å². The molecule has 0 radical (unpaired) electrons. The SMILES string of the molecule is N[C@@H](C1CC1)C1CCCC(F)C1. The summed E-state index contributed by atoms with van der Waals surface area (Å²) in [5.41, 5.74) is 6.05. The monoisotopic (exact) mass is 171 g/mol. The zero-order chi connectivity index (χ0) is 8.55. The third kappa shape index (κ3) is 1.79. The Morgan fingerprint density at radius 2 is 1.83 bits per heavy atom. The largest absolute Gasteiger partial charge is 0.327 e. The van der Waals surface area contributed by atoms with Crippen molar-refractivity contribution in [2.75, 3.05) is 0 Å². The Hall–Kier alpha value is -0.110. The van der Waals surface area contributed by atoms with Crippen LogP contribution in [0.5, 0.6) is 0 Å². The highest BCUT2D eigenvalue weighted by Gasteiger charge is 2.36. The Balaban J connectivity index is 1.84. The third-order valence-electron chi connectivity index (χ3n) is 3.36. The molecule has 2 saturated carbocycles. The predicted octanol–water partition coefficient (Wildman–Crippen LogP) is 2.25. The lowest BCUT2D eigenvalue weighted by Crippen LogP contribution is -2.35. The van der Waals surface area contributed by atoms with Gasteiger partial charge in [0.25, 0.3) is 0 Å². The van der Waals surface area contributed by atoms with Gasteiger partial charge in [0.05, 0.1) is 0 Å². The van der Waals surface area contributed by atoms with E-state index in [1.807, 2.05) is 0 Å². The molecule has 1 nitrogen and oxygen atoms in total. The first-order valence-electron chi connectivity index (χ1n) is 5.17. The van der Waals surface area contributed by atoms with Crippen LogP contribution < -0.4 is 5.73 Å². The molecule has 2 rings (SSSR count). The molecule has 12 heavy (non-hydrogen) atoms. The fourth-order valence-corrected chi connectivity index (χ4v) is 2.38. The molecular weight excluding hydrogens is 153 g/mol. The van der Waals surface area contributed by atoms with Gasteiger partial charge in [0.15, 0.2) is 0 Å². The average molecular weight is 171 g/mol. The number of nitrogens with two attached hydrogens (primary N) is 1. The summed E-state index contributed by atoms with van der Waals surface area (Å²) in [5, 5.41) is 0. The van der Waals surface area contributed by atoms with Gasteiger partial charge in [0.2, 0.25) is 0 Å². The molecule has 70 valence electrons. The summed E-state index contributed by atoms with van der Waals surface area (Å²) in [4.78, 5) is 0. The van der Waals surface area contributed by atoms with Gasteiger partial charge in [-0.3, -0.25) is 0 Å². The van der Waals surface area contributed by atoms with Crippen molar-refractivity contribution in [1.29, 1.82) is 0 Å². The summed E-state index contributed by atoms with van der Waals surface area (Å²) in [6.45, 7) is 0. The maximum absolute atomic E-state index is 13.0. The van der Waals surface area contributed by atoms with E-state index in [-0.39, 0.29) is 0 Å². The lowest BCUT2D eigenvalue weighted by Gasteiger charge is -2.29. The Bertz CT molecular complexity index is 156. The molecule has 0 saturated heterocycles. The molecule has 2 N–H and O–H groups in total. The third-order valence-corrected chi connectivity index (χ3v) is 3.36. The molecule has 0 aromatic heterocycles. The smallest absolute Gasteiger partial charge is 0.100 e. The first-order chi connectivity index (χ1) is 5.77. The van der Waals surface area contributed by atoms with Crippen molar-refractivity contribution in [3.63, 3.8) is 0 Å². The van der Waals surface area contributed by atoms with Gasteiger partial charge in [0.1, 0.15) is 6.17 Å². The quantitative estimate of drug-likeness (QED) is 0.677. The highest BCUT2D eigenvalue weighted by atomic mass is 19.1. The minimum atomic E-state index is -0.562. The van der Waals surface area contributed by atoms with Crippen LogP contribution in [0.1, 0.15) is 38.5 Å². The van der Waals surface area contributed by atoms with E-state index in [9.17, 15) is 4.39 Å². The molecular formula is C10H18FN. The summed E-state index contributed by atoms with van der Waals surface area (Å²) >= 11 is 0. The van der Waals surface area contributed by atoms with Gasteiger partial charge in [-0.05, 0) is 43.9 Å². The van der Waals surface area contributed by atoms with Crippen LogP contribution in [0, 0.1) is 11.8 Å². The second-order valence-electron chi connectivity index (χ2n) is 4.44. The topological polar surface area (TPSA) is 26.0 Å². The molecule has 3 atom stereocenters. The molecule has 2 unspecified atom stereocenters. The van der Waals surface area contributed by atoms with Crippen LogP contribution in [0.15, 0.2) is 0 Å². The van der Waals surface area contributed by atoms with Gasteiger partial charge in [-0.25, -0.2) is 4.39 Å². The van der Waals surface area contributed by atoms with Crippen LogP contribution in [0.25, 0.3) is 0 Å². The summed E-state index contributed by atoms with van der Waals surface area (Å²) in [7, 11) is 0. The van der Waals surface area contributed by atoms with E-state index in [1.165, 1.54) is 12.8 Å². The van der Waals surface area contributed by atoms with Crippen LogP contribution in [0.2, 0.25) is 0 Å². The predicted molar refractivity (Wildman–Crippen MR) is 47.6 cm³/mol. The van der Waals surface area contributed by atoms with Crippen molar-refractivity contribution >= 4 is 0 Å². The molecule has 2 aliphatic rings. The Kier molecular flexibility index (Phi) is 2.35. The fourth-order valence-electron chi connectivity index (χ4n) is 2.38. The highest BCUT2D eigenvalue weighted by Crippen LogP contribution is 2.39. The zero-order valence-corrected chi connectivity index (χ0v) is 7.51. The van der Waals surface area contributed by atoms with Gasteiger partial charge >= 0.3 is 0 Å². The molecule has 2 heteroatoms. The van der Waals surface area contributed by atoms with Crippen molar-refractivity contribution in [2.45, 2.75) is 50.7 Å². The number of hydrogen-bond donors (Lipinski definition) is 1. The second kappa shape index (κ2) is 3.33. The first kappa shape index (κ1) is 8.49. The van der Waals surface area contributed by atoms with Crippen LogP contribution in [-0.2, 0) is 0 Å². The molecule has 0 heterocycles. The minimum absolute atomic E-state index is 0.309. The van der Waals surface area contributed by atoms with Gasteiger partial charge in [0, 0.05) is 6.04 Å². The fraction of sp³-hybridized carbons (Fsp3) is 1.00. The molecule has 0 aromatic carbocycles. The maximum Gasteiger partial charge on any atom is 0.100 e. The number of rotatable bonds is 2. The average Bonchev–Trinajstić information content (AvgIpc) is 2.85. The van der Waals surface area contributed by atoms with E-state index >= 15 is 0 Å². The zero-order valence-electron chi connectivity index (χ0n) is 7.51. The molecule has 2 fully saturated rings. The van der Waals surface area contributed by atoms with Gasteiger partial charge in [-0.15, -0.1) is 0 Å². The number of hydrogen-bond acceptors (Lipinski definition) is 1. The van der Waals surface area contributed by atoms with Crippen molar-refractivity contribution in [1.82, 2.24) is 0 Å². The molecule has 0 spiro atoms. The van der Waals surface area contributed by atoms with Gasteiger partial charge in [-0.2, -0.15) is 0 Å². The Morgan fingerprint density at radius 1 is 1.08 bits per heavy atom. The van der Waals surface area contributed by atoms with Gasteiger partial charge in [-0.1, -0.05) is 6.42 Å². The van der Waals surface area contributed by atoms with E-state index in [2.05, 4.69) is 0 Å². The van der Waals surface area contributed by atoms with Crippen LogP contribution in [0.4, 0.5) is 4.39 Å². The summed E-state index contributed by atoms with van der Waals surface area (Å²) in [6, 6.07) is 0.309. The summed E-state index contributed by atoms with van der Waals surface area (Å²) in [5.74, 6) is 1.22. The van der Waals surface area contributed by atoms with E-state index in [1.54, 1.807) is 0 Å². The van der Waals surface area contributed by atoms with E-state index in [0.717, 1.165) is 31.6 Å². The number of halogens is 1. The highest BCUT2D eigenvalue weighted by molar-refractivity contribution is 4.90. The summed E-state index contributed by atoms with van der Waals surface area (Å²) < 4.78 is 13.0. The molecule has 2 aliphatic carbocycles. The molecule has 0 amide bonds. The molecule has 0 aromatic rings. The number of alkyl halides is 1. The normalized spacial score (nSPS) is 39.5. The van der Waals surface area contributed by atoms with Crippen LogP contribution >= 0.6 is 0 Å². The standard InChI is InChI=1S/C10H18FN/c11-9-3-1-2-8(6-9)10(12)7-4-5-7/h7-10H,1-6,12H2/t8?,9?,10-/m0/s1. The van der Waals surface area contributed by atoms with E-state index in [4.69, 9.17) is 5.73 Å². The molecule has 0 bridgehead atoms. The lowest BCUT2D eigenvalue weighted by atomic mass is 9.81.